The largest absolute Gasteiger partial charge is 0.412 e. The molecule has 0 bridgehead atoms. The van der Waals surface area contributed by atoms with E-state index in [0.717, 1.165) is 6.42 Å². The van der Waals surface area contributed by atoms with E-state index >= 15 is 0 Å². The van der Waals surface area contributed by atoms with Crippen LogP contribution in [0.3, 0.4) is 0 Å². The van der Waals surface area contributed by atoms with Gasteiger partial charge in [-0.2, -0.15) is 0 Å². The Bertz CT molecular complexity index is 359. The van der Waals surface area contributed by atoms with Crippen LogP contribution in [0, 0.1) is 5.41 Å². The highest BCUT2D eigenvalue weighted by molar-refractivity contribution is 5.71. The number of carbonyl (C=O) groups is 1. The van der Waals surface area contributed by atoms with Crippen LogP contribution in [0.25, 0.3) is 0 Å². The molecule has 0 aliphatic heterocycles. The summed E-state index contributed by atoms with van der Waals surface area (Å²) in [6.45, 7) is 4.25. The normalized spacial score (nSPS) is 21.9. The lowest BCUT2D eigenvalue weighted by Crippen LogP contribution is -2.31. The van der Waals surface area contributed by atoms with Gasteiger partial charge in [-0.05, 0) is 24.0 Å². The Kier molecular flexibility index (Phi) is 2.39. The van der Waals surface area contributed by atoms with Gasteiger partial charge in [0.25, 0.3) is 0 Å². The van der Waals surface area contributed by atoms with Gasteiger partial charge in [0.2, 0.25) is 0 Å². The summed E-state index contributed by atoms with van der Waals surface area (Å²) >= 11 is 0. The van der Waals surface area contributed by atoms with Gasteiger partial charge in [0, 0.05) is 6.04 Å². The molecule has 3 nitrogen and oxygen atoms in total. The van der Waals surface area contributed by atoms with Crippen molar-refractivity contribution in [3.63, 3.8) is 0 Å². The second kappa shape index (κ2) is 3.57. The van der Waals surface area contributed by atoms with Crippen molar-refractivity contribution in [1.29, 1.82) is 0 Å². The van der Waals surface area contributed by atoms with E-state index in [0.29, 0.717) is 5.75 Å². The van der Waals surface area contributed by atoms with Gasteiger partial charge in [-0.3, -0.25) is 0 Å². The van der Waals surface area contributed by atoms with Crippen LogP contribution in [0.1, 0.15) is 20.3 Å². The van der Waals surface area contributed by atoms with Crippen LogP contribution in [0.5, 0.6) is 5.75 Å². The molecule has 1 atom stereocenters. The molecule has 15 heavy (non-hydrogen) atoms. The molecule has 0 heterocycles. The summed E-state index contributed by atoms with van der Waals surface area (Å²) in [5, 5.41) is 2.83. The molecule has 3 heteroatoms. The van der Waals surface area contributed by atoms with Crippen molar-refractivity contribution >= 4 is 6.09 Å². The summed E-state index contributed by atoms with van der Waals surface area (Å²) < 4.78 is 5.11. The zero-order chi connectivity index (χ0) is 10.9. The molecule has 1 unspecified atom stereocenters. The predicted octanol–water partition coefficient (Wildman–Crippen LogP) is 2.57. The van der Waals surface area contributed by atoms with Gasteiger partial charge < -0.3 is 10.1 Å². The topological polar surface area (TPSA) is 38.3 Å². The third-order valence-electron chi connectivity index (χ3n) is 2.76. The molecule has 1 aromatic carbocycles. The Hall–Kier alpha value is -1.51. The highest BCUT2D eigenvalue weighted by Gasteiger charge is 2.46. The molecule has 80 valence electrons. The Balaban J connectivity index is 1.84. The van der Waals surface area contributed by atoms with Crippen molar-refractivity contribution in [2.24, 2.45) is 5.41 Å². The van der Waals surface area contributed by atoms with Crippen molar-refractivity contribution in [2.45, 2.75) is 26.3 Å². The number of benzene rings is 1. The van der Waals surface area contributed by atoms with E-state index in [2.05, 4.69) is 19.2 Å². The maximum absolute atomic E-state index is 11.4. The molecule has 0 radical (unpaired) electrons. The quantitative estimate of drug-likeness (QED) is 0.805. The minimum atomic E-state index is -0.364. The lowest BCUT2D eigenvalue weighted by molar-refractivity contribution is 0.198. The number of carbonyl (C=O) groups excluding carboxylic acids is 1. The maximum Gasteiger partial charge on any atom is 0.412 e. The molecule has 1 saturated carbocycles. The smallest absolute Gasteiger partial charge is 0.410 e. The summed E-state index contributed by atoms with van der Waals surface area (Å²) in [7, 11) is 0. The van der Waals surface area contributed by atoms with E-state index in [4.69, 9.17) is 4.74 Å². The van der Waals surface area contributed by atoms with E-state index in [1.54, 1.807) is 12.1 Å². The van der Waals surface area contributed by atoms with E-state index in [-0.39, 0.29) is 17.6 Å². The van der Waals surface area contributed by atoms with Gasteiger partial charge in [-0.15, -0.1) is 0 Å². The number of para-hydroxylation sites is 1. The molecule has 0 spiro atoms. The molecule has 1 aromatic rings. The molecular weight excluding hydrogens is 190 g/mol. The molecule has 0 saturated heterocycles. The Labute approximate surface area is 89.4 Å². The second-order valence-electron chi connectivity index (χ2n) is 4.59. The van der Waals surface area contributed by atoms with Gasteiger partial charge in [-0.25, -0.2) is 4.79 Å². The van der Waals surface area contributed by atoms with E-state index in [1.165, 1.54) is 0 Å². The van der Waals surface area contributed by atoms with Crippen molar-refractivity contribution < 1.29 is 9.53 Å². The van der Waals surface area contributed by atoms with Crippen molar-refractivity contribution in [2.75, 3.05) is 0 Å². The average molecular weight is 205 g/mol. The number of rotatable bonds is 2. The van der Waals surface area contributed by atoms with E-state index in [9.17, 15) is 4.79 Å². The fraction of sp³-hybridized carbons (Fsp3) is 0.417. The number of ether oxygens (including phenoxy) is 1. The van der Waals surface area contributed by atoms with Crippen LogP contribution in [0.15, 0.2) is 30.3 Å². The Morgan fingerprint density at radius 1 is 1.40 bits per heavy atom. The fourth-order valence-electron chi connectivity index (χ4n) is 1.48. The monoisotopic (exact) mass is 205 g/mol. The fourth-order valence-corrected chi connectivity index (χ4v) is 1.48. The van der Waals surface area contributed by atoms with E-state index < -0.39 is 0 Å². The molecule has 0 aromatic heterocycles. The van der Waals surface area contributed by atoms with Crippen LogP contribution < -0.4 is 10.1 Å². The summed E-state index contributed by atoms with van der Waals surface area (Å²) in [4.78, 5) is 11.4. The van der Waals surface area contributed by atoms with Crippen LogP contribution in [-0.4, -0.2) is 12.1 Å². The highest BCUT2D eigenvalue weighted by Crippen LogP contribution is 2.44. The first kappa shape index (κ1) is 10.0. The number of amides is 1. The first-order chi connectivity index (χ1) is 7.08. The predicted molar refractivity (Wildman–Crippen MR) is 57.8 cm³/mol. The van der Waals surface area contributed by atoms with Gasteiger partial charge >= 0.3 is 6.09 Å². The van der Waals surface area contributed by atoms with Gasteiger partial charge in [0.15, 0.2) is 0 Å². The lowest BCUT2D eigenvalue weighted by atomic mass is 10.2. The van der Waals surface area contributed by atoms with Crippen molar-refractivity contribution in [3.05, 3.63) is 30.3 Å². The molecular formula is C12H15NO2. The zero-order valence-electron chi connectivity index (χ0n) is 8.99. The third-order valence-corrected chi connectivity index (χ3v) is 2.76. The summed E-state index contributed by atoms with van der Waals surface area (Å²) in [5.41, 5.74) is 0.232. The summed E-state index contributed by atoms with van der Waals surface area (Å²) in [6, 6.07) is 9.34. The molecule has 2 rings (SSSR count). The maximum atomic E-state index is 11.4. The van der Waals surface area contributed by atoms with Crippen LogP contribution >= 0.6 is 0 Å². The minimum absolute atomic E-state index is 0.232. The number of nitrogens with one attached hydrogen (secondary N) is 1. The molecule has 1 N–H and O–H groups in total. The molecule has 1 amide bonds. The first-order valence-electron chi connectivity index (χ1n) is 5.11. The van der Waals surface area contributed by atoms with Crippen LogP contribution in [0.2, 0.25) is 0 Å². The minimum Gasteiger partial charge on any atom is -0.410 e. The SMILES string of the molecule is CC1(C)CC1NC(=O)Oc1ccccc1. The molecule has 1 fully saturated rings. The number of hydrogen-bond acceptors (Lipinski definition) is 2. The van der Waals surface area contributed by atoms with E-state index in [1.807, 2.05) is 18.2 Å². The van der Waals surface area contributed by atoms with Gasteiger partial charge in [0.1, 0.15) is 5.75 Å². The Morgan fingerprint density at radius 2 is 2.00 bits per heavy atom. The van der Waals surface area contributed by atoms with Crippen LogP contribution in [0.4, 0.5) is 4.79 Å². The second-order valence-corrected chi connectivity index (χ2v) is 4.59. The summed E-state index contributed by atoms with van der Waals surface area (Å²) in [5.74, 6) is 0.577. The summed E-state index contributed by atoms with van der Waals surface area (Å²) in [6.07, 6.45) is 0.661. The first-order valence-corrected chi connectivity index (χ1v) is 5.11. The van der Waals surface area contributed by atoms with Crippen molar-refractivity contribution in [1.82, 2.24) is 5.32 Å². The number of hydrogen-bond donors (Lipinski definition) is 1. The standard InChI is InChI=1S/C12H15NO2/c1-12(2)8-10(12)13-11(14)15-9-6-4-3-5-7-9/h3-7,10H,8H2,1-2H3,(H,13,14). The lowest BCUT2D eigenvalue weighted by Gasteiger charge is -2.07. The van der Waals surface area contributed by atoms with Gasteiger partial charge in [-0.1, -0.05) is 32.0 Å². The Morgan fingerprint density at radius 3 is 2.53 bits per heavy atom. The van der Waals surface area contributed by atoms with Crippen molar-refractivity contribution in [3.8, 4) is 5.75 Å². The highest BCUT2D eigenvalue weighted by atomic mass is 16.6. The van der Waals surface area contributed by atoms with Crippen LogP contribution in [-0.2, 0) is 0 Å². The molecule has 1 aliphatic rings. The average Bonchev–Trinajstić information content (AvgIpc) is 2.74. The van der Waals surface area contributed by atoms with Gasteiger partial charge in [0.05, 0.1) is 0 Å². The molecule has 1 aliphatic carbocycles. The third kappa shape index (κ3) is 2.49. The zero-order valence-corrected chi connectivity index (χ0v) is 8.99.